The number of likely N-dealkylation sites (N-methyl/N-ethyl adjacent to an activating group) is 1. The van der Waals surface area contributed by atoms with Crippen LogP contribution in [-0.2, 0) is 27.3 Å². The summed E-state index contributed by atoms with van der Waals surface area (Å²) in [4.78, 5) is 34.9. The number of aryl methyl sites for hydroxylation is 1. The number of ether oxygens (including phenoxy) is 1. The number of nitrogens with zero attached hydrogens (tertiary/aromatic N) is 3. The Kier molecular flexibility index (Phi) is 9.75. The average molecular weight is 472 g/mol. The summed E-state index contributed by atoms with van der Waals surface area (Å²) >= 11 is 0. The molecule has 0 unspecified atom stereocenters. The zero-order chi connectivity index (χ0) is 25.0. The maximum Gasteiger partial charge on any atom is 0.247 e. The Morgan fingerprint density at radius 3 is 2.37 bits per heavy atom. The van der Waals surface area contributed by atoms with Crippen molar-refractivity contribution >= 4 is 17.9 Å². The fourth-order valence-corrected chi connectivity index (χ4v) is 3.71. The smallest absolute Gasteiger partial charge is 0.247 e. The highest BCUT2D eigenvalue weighted by atomic mass is 16.5. The Balaban J connectivity index is 1.95. The molecule has 0 aliphatic rings. The summed E-state index contributed by atoms with van der Waals surface area (Å²) in [6.07, 6.45) is 5.41. The fraction of sp³-hybridized carbons (Fsp3) is 0.276. The van der Waals surface area contributed by atoms with Crippen LogP contribution in [0.4, 0.5) is 0 Å². The van der Waals surface area contributed by atoms with Crippen LogP contribution in [0, 0.1) is 6.92 Å². The molecular weight excluding hydrogens is 438 g/mol. The monoisotopic (exact) mass is 471 g/mol. The first-order valence-electron chi connectivity index (χ1n) is 11.7. The van der Waals surface area contributed by atoms with Gasteiger partial charge in [-0.2, -0.15) is 0 Å². The lowest BCUT2D eigenvalue weighted by Crippen LogP contribution is -2.51. The van der Waals surface area contributed by atoms with Crippen LogP contribution in [0.2, 0.25) is 0 Å². The maximum atomic E-state index is 13.6. The number of aromatic nitrogens is 1. The van der Waals surface area contributed by atoms with Gasteiger partial charge in [-0.25, -0.2) is 0 Å². The van der Waals surface area contributed by atoms with E-state index in [-0.39, 0.29) is 18.4 Å². The molecule has 0 aliphatic carbocycles. The highest BCUT2D eigenvalue weighted by molar-refractivity contribution is 5.95. The number of methoxy groups -OCH3 is 1. The summed E-state index contributed by atoms with van der Waals surface area (Å²) < 4.78 is 5.16. The molecule has 182 valence electrons. The highest BCUT2D eigenvalue weighted by Gasteiger charge is 2.31. The molecule has 0 N–H and O–H groups in total. The van der Waals surface area contributed by atoms with E-state index in [1.807, 2.05) is 79.7 Å². The lowest BCUT2D eigenvalue weighted by molar-refractivity contribution is -0.143. The number of carbonyl (C=O) groups is 2. The number of carbonyl (C=O) groups excluding carboxylic acids is 2. The van der Waals surface area contributed by atoms with Gasteiger partial charge in [0.05, 0.1) is 18.8 Å². The number of pyridine rings is 1. The lowest BCUT2D eigenvalue weighted by atomic mass is 10.0. The van der Waals surface area contributed by atoms with Gasteiger partial charge in [0.25, 0.3) is 0 Å². The van der Waals surface area contributed by atoms with Crippen LogP contribution >= 0.6 is 0 Å². The summed E-state index contributed by atoms with van der Waals surface area (Å²) in [5.74, 6) is -0.385. The predicted octanol–water partition coefficient (Wildman–Crippen LogP) is 4.15. The molecule has 35 heavy (non-hydrogen) atoms. The fourth-order valence-electron chi connectivity index (χ4n) is 3.71. The van der Waals surface area contributed by atoms with Gasteiger partial charge in [-0.05, 0) is 36.3 Å². The second-order valence-corrected chi connectivity index (χ2v) is 8.49. The van der Waals surface area contributed by atoms with Crippen molar-refractivity contribution in [2.75, 3.05) is 27.3 Å². The molecule has 1 aromatic heterocycles. The van der Waals surface area contributed by atoms with Gasteiger partial charge in [0.1, 0.15) is 6.04 Å². The van der Waals surface area contributed by atoms with Crippen LogP contribution in [0.15, 0.2) is 85.1 Å². The van der Waals surface area contributed by atoms with Gasteiger partial charge >= 0.3 is 0 Å². The summed E-state index contributed by atoms with van der Waals surface area (Å²) in [6, 6.07) is 22.6. The van der Waals surface area contributed by atoms with E-state index in [0.29, 0.717) is 19.6 Å². The summed E-state index contributed by atoms with van der Waals surface area (Å²) in [7, 11) is 3.34. The van der Waals surface area contributed by atoms with Crippen molar-refractivity contribution < 1.29 is 14.3 Å². The quantitative estimate of drug-likeness (QED) is 0.394. The van der Waals surface area contributed by atoms with E-state index in [4.69, 9.17) is 4.74 Å². The van der Waals surface area contributed by atoms with Crippen molar-refractivity contribution in [1.29, 1.82) is 0 Å². The molecule has 0 aliphatic heterocycles. The molecule has 0 saturated carbocycles. The molecule has 2 aromatic carbocycles. The zero-order valence-electron chi connectivity index (χ0n) is 20.6. The molecule has 2 amide bonds. The number of rotatable bonds is 11. The first kappa shape index (κ1) is 25.8. The Morgan fingerprint density at radius 2 is 1.71 bits per heavy atom. The average Bonchev–Trinajstić information content (AvgIpc) is 2.89. The number of amides is 2. The van der Waals surface area contributed by atoms with Gasteiger partial charge in [0, 0.05) is 39.4 Å². The van der Waals surface area contributed by atoms with Crippen molar-refractivity contribution in [3.63, 3.8) is 0 Å². The second-order valence-electron chi connectivity index (χ2n) is 8.49. The van der Waals surface area contributed by atoms with Crippen LogP contribution in [0.25, 0.3) is 6.08 Å². The van der Waals surface area contributed by atoms with Gasteiger partial charge < -0.3 is 14.5 Å². The van der Waals surface area contributed by atoms with Crippen molar-refractivity contribution in [1.82, 2.24) is 14.8 Å². The van der Waals surface area contributed by atoms with Crippen molar-refractivity contribution in [2.45, 2.75) is 25.9 Å². The number of hydrogen-bond donors (Lipinski definition) is 0. The third kappa shape index (κ3) is 7.90. The second kappa shape index (κ2) is 13.2. The first-order chi connectivity index (χ1) is 17.0. The number of hydrogen-bond acceptors (Lipinski definition) is 4. The van der Waals surface area contributed by atoms with E-state index in [1.165, 1.54) is 6.08 Å². The molecule has 0 radical (unpaired) electrons. The van der Waals surface area contributed by atoms with Crippen LogP contribution < -0.4 is 0 Å². The summed E-state index contributed by atoms with van der Waals surface area (Å²) in [5, 5.41) is 0. The SMILES string of the molecule is COCCN(C)C(=O)[C@H](Cc1ccccc1)N(Cc1ccccn1)C(=O)/C=C/c1ccc(C)cc1. The van der Waals surface area contributed by atoms with Crippen LogP contribution in [0.5, 0.6) is 0 Å². The van der Waals surface area contributed by atoms with E-state index in [9.17, 15) is 9.59 Å². The predicted molar refractivity (Wildman–Crippen MR) is 138 cm³/mol. The largest absolute Gasteiger partial charge is 0.383 e. The summed E-state index contributed by atoms with van der Waals surface area (Å²) in [6.45, 7) is 3.10. The molecule has 1 heterocycles. The molecule has 6 heteroatoms. The van der Waals surface area contributed by atoms with E-state index in [1.54, 1.807) is 36.2 Å². The first-order valence-corrected chi connectivity index (χ1v) is 11.7. The minimum absolute atomic E-state index is 0.140. The normalized spacial score (nSPS) is 11.9. The van der Waals surface area contributed by atoms with E-state index in [0.717, 1.165) is 22.4 Å². The minimum Gasteiger partial charge on any atom is -0.383 e. The Labute approximate surface area is 207 Å². The Morgan fingerprint density at radius 1 is 1.00 bits per heavy atom. The van der Waals surface area contributed by atoms with Crippen LogP contribution in [0.3, 0.4) is 0 Å². The van der Waals surface area contributed by atoms with Crippen molar-refractivity contribution in [3.05, 3.63) is 107 Å². The van der Waals surface area contributed by atoms with E-state index < -0.39 is 6.04 Å². The standard InChI is InChI=1S/C29H33N3O3/c1-23-12-14-24(15-13-23)16-17-28(33)32(22-26-11-7-8-18-30-26)27(21-25-9-5-4-6-10-25)29(34)31(2)19-20-35-3/h4-18,27H,19-22H2,1-3H3/b17-16+/t27-/m0/s1. The van der Waals surface area contributed by atoms with Crippen LogP contribution in [-0.4, -0.2) is 59.9 Å². The molecule has 3 aromatic rings. The Bertz CT molecular complexity index is 1100. The third-order valence-electron chi connectivity index (χ3n) is 5.78. The van der Waals surface area contributed by atoms with Gasteiger partial charge in [-0.3, -0.25) is 14.6 Å². The van der Waals surface area contributed by atoms with Gasteiger partial charge in [-0.15, -0.1) is 0 Å². The molecule has 3 rings (SSSR count). The molecule has 1 atom stereocenters. The molecular formula is C29H33N3O3. The third-order valence-corrected chi connectivity index (χ3v) is 5.78. The minimum atomic E-state index is -0.698. The van der Waals surface area contributed by atoms with Gasteiger partial charge in [-0.1, -0.05) is 66.2 Å². The van der Waals surface area contributed by atoms with E-state index in [2.05, 4.69) is 4.98 Å². The molecule has 0 fully saturated rings. The molecule has 6 nitrogen and oxygen atoms in total. The van der Waals surface area contributed by atoms with Crippen molar-refractivity contribution in [3.8, 4) is 0 Å². The lowest BCUT2D eigenvalue weighted by Gasteiger charge is -2.33. The molecule has 0 bridgehead atoms. The van der Waals surface area contributed by atoms with E-state index >= 15 is 0 Å². The molecule has 0 spiro atoms. The highest BCUT2D eigenvalue weighted by Crippen LogP contribution is 2.17. The Hall–Kier alpha value is -3.77. The van der Waals surface area contributed by atoms with Gasteiger partial charge in [0.2, 0.25) is 11.8 Å². The maximum absolute atomic E-state index is 13.6. The van der Waals surface area contributed by atoms with Crippen LogP contribution in [0.1, 0.15) is 22.4 Å². The van der Waals surface area contributed by atoms with Gasteiger partial charge in [0.15, 0.2) is 0 Å². The van der Waals surface area contributed by atoms with Crippen molar-refractivity contribution in [2.24, 2.45) is 0 Å². The number of benzene rings is 2. The topological polar surface area (TPSA) is 62.7 Å². The summed E-state index contributed by atoms with van der Waals surface area (Å²) in [5.41, 5.74) is 3.77. The molecule has 0 saturated heterocycles. The zero-order valence-corrected chi connectivity index (χ0v) is 20.6.